The lowest BCUT2D eigenvalue weighted by Crippen LogP contribution is -1.87. The van der Waals surface area contributed by atoms with Gasteiger partial charge in [0.05, 0.1) is 29.2 Å². The molecule has 0 saturated heterocycles. The van der Waals surface area contributed by atoms with Gasteiger partial charge in [0.15, 0.2) is 0 Å². The fourth-order valence-corrected chi connectivity index (χ4v) is 2.81. The third-order valence-electron chi connectivity index (χ3n) is 4.28. The van der Waals surface area contributed by atoms with Crippen LogP contribution < -0.4 is 5.73 Å². The van der Waals surface area contributed by atoms with Crippen LogP contribution in [0.25, 0.3) is 22.0 Å². The van der Waals surface area contributed by atoms with E-state index in [2.05, 4.69) is 21.3 Å². The highest BCUT2D eigenvalue weighted by Crippen LogP contribution is 2.32. The first kappa shape index (κ1) is 16.4. The molecule has 128 valence electrons. The molecule has 0 bridgehead atoms. The lowest BCUT2D eigenvalue weighted by atomic mass is 10.1. The van der Waals surface area contributed by atoms with Crippen LogP contribution in [-0.2, 0) is 0 Å². The van der Waals surface area contributed by atoms with E-state index < -0.39 is 0 Å². The number of nitriles is 1. The molecule has 0 atom stereocenters. The van der Waals surface area contributed by atoms with Crippen LogP contribution in [0.15, 0.2) is 89.2 Å². The molecule has 0 saturated carbocycles. The van der Waals surface area contributed by atoms with E-state index in [1.807, 2.05) is 60.7 Å². The van der Waals surface area contributed by atoms with Crippen LogP contribution in [0.1, 0.15) is 5.56 Å². The molecule has 0 aliphatic heterocycles. The summed E-state index contributed by atoms with van der Waals surface area (Å²) in [6.45, 7) is 0. The van der Waals surface area contributed by atoms with E-state index in [9.17, 15) is 0 Å². The number of nitrogens with two attached hydrogens (primary N) is 1. The van der Waals surface area contributed by atoms with Gasteiger partial charge in [-0.15, -0.1) is 10.2 Å². The van der Waals surface area contributed by atoms with E-state index in [1.165, 1.54) is 0 Å². The fourth-order valence-electron chi connectivity index (χ4n) is 2.81. The monoisotopic (exact) mass is 349 g/mol. The van der Waals surface area contributed by atoms with Gasteiger partial charge in [-0.25, -0.2) is 0 Å². The number of hydrogen-bond acceptors (Lipinski definition) is 5. The van der Waals surface area contributed by atoms with Crippen molar-refractivity contribution in [2.45, 2.75) is 0 Å². The van der Waals surface area contributed by atoms with Gasteiger partial charge in [0.2, 0.25) is 0 Å². The normalized spacial score (nSPS) is 10.9. The molecular formula is C22H15N5. The smallest absolute Gasteiger partial charge is 0.109 e. The molecule has 0 aliphatic carbocycles. The average molecular weight is 349 g/mol. The Morgan fingerprint density at radius 2 is 1.67 bits per heavy atom. The third-order valence-corrected chi connectivity index (χ3v) is 4.28. The first-order valence-corrected chi connectivity index (χ1v) is 8.40. The summed E-state index contributed by atoms with van der Waals surface area (Å²) in [6, 6.07) is 24.9. The predicted molar refractivity (Wildman–Crippen MR) is 107 cm³/mol. The summed E-state index contributed by atoms with van der Waals surface area (Å²) in [4.78, 5) is 4.42. The summed E-state index contributed by atoms with van der Waals surface area (Å²) in [5.74, 6) is 0. The number of nitrogen functional groups attached to an aromatic ring is 1. The molecule has 0 radical (unpaired) electrons. The SMILES string of the molecule is N#Cc1ccc(-c2ccc(N=Nc3ccc4ccccc4c3N)cn2)cc1. The number of rotatable bonds is 3. The Labute approximate surface area is 156 Å². The molecule has 2 N–H and O–H groups in total. The van der Waals surface area contributed by atoms with Crippen molar-refractivity contribution in [3.8, 4) is 17.3 Å². The van der Waals surface area contributed by atoms with Crippen molar-refractivity contribution in [3.05, 3.63) is 84.6 Å². The molecule has 0 spiro atoms. The second-order valence-electron chi connectivity index (χ2n) is 6.01. The number of fused-ring (bicyclic) bond motifs is 1. The van der Waals surface area contributed by atoms with Gasteiger partial charge < -0.3 is 5.73 Å². The maximum Gasteiger partial charge on any atom is 0.109 e. The Balaban J connectivity index is 1.58. The van der Waals surface area contributed by atoms with Crippen molar-refractivity contribution in [3.63, 3.8) is 0 Å². The topological polar surface area (TPSA) is 87.4 Å². The summed E-state index contributed by atoms with van der Waals surface area (Å²) in [6.07, 6.45) is 1.66. The van der Waals surface area contributed by atoms with Crippen molar-refractivity contribution in [1.82, 2.24) is 4.98 Å². The standard InChI is InChI=1S/C22H15N5/c23-13-15-5-7-17(8-6-15)20-12-10-18(14-25-20)26-27-21-11-9-16-3-1-2-4-19(16)22(21)24/h1-12,14H,24H2. The van der Waals surface area contributed by atoms with Gasteiger partial charge in [-0.05, 0) is 35.7 Å². The molecular weight excluding hydrogens is 334 g/mol. The van der Waals surface area contributed by atoms with Crippen LogP contribution in [0.5, 0.6) is 0 Å². The van der Waals surface area contributed by atoms with Crippen LogP contribution >= 0.6 is 0 Å². The van der Waals surface area contributed by atoms with Crippen LogP contribution in [0.4, 0.5) is 17.1 Å². The summed E-state index contributed by atoms with van der Waals surface area (Å²) >= 11 is 0. The van der Waals surface area contributed by atoms with Crippen LogP contribution in [0.3, 0.4) is 0 Å². The minimum Gasteiger partial charge on any atom is -0.396 e. The Hall–Kier alpha value is -4.04. The van der Waals surface area contributed by atoms with Gasteiger partial charge in [0.1, 0.15) is 11.4 Å². The van der Waals surface area contributed by atoms with Crippen LogP contribution in [-0.4, -0.2) is 4.98 Å². The maximum absolute atomic E-state index is 8.87. The summed E-state index contributed by atoms with van der Waals surface area (Å²) < 4.78 is 0. The largest absolute Gasteiger partial charge is 0.396 e. The maximum atomic E-state index is 8.87. The van der Waals surface area contributed by atoms with Crippen molar-refractivity contribution in [1.29, 1.82) is 5.26 Å². The van der Waals surface area contributed by atoms with E-state index in [0.29, 0.717) is 22.6 Å². The molecule has 5 heteroatoms. The van der Waals surface area contributed by atoms with Crippen LogP contribution in [0, 0.1) is 11.3 Å². The van der Waals surface area contributed by atoms with Crippen molar-refractivity contribution < 1.29 is 0 Å². The molecule has 1 aromatic heterocycles. The average Bonchev–Trinajstić information content (AvgIpc) is 2.74. The molecule has 4 aromatic rings. The van der Waals surface area contributed by atoms with E-state index in [4.69, 9.17) is 11.0 Å². The zero-order chi connectivity index (χ0) is 18.6. The Morgan fingerprint density at radius 3 is 2.41 bits per heavy atom. The Bertz CT molecular complexity index is 1170. The molecule has 0 fully saturated rings. The lowest BCUT2D eigenvalue weighted by Gasteiger charge is -2.04. The van der Waals surface area contributed by atoms with E-state index in [0.717, 1.165) is 22.0 Å². The number of anilines is 1. The zero-order valence-corrected chi connectivity index (χ0v) is 14.4. The van der Waals surface area contributed by atoms with Gasteiger partial charge in [-0.3, -0.25) is 4.98 Å². The molecule has 0 amide bonds. The highest BCUT2D eigenvalue weighted by molar-refractivity contribution is 5.97. The van der Waals surface area contributed by atoms with E-state index in [1.54, 1.807) is 18.3 Å². The van der Waals surface area contributed by atoms with Crippen molar-refractivity contribution in [2.75, 3.05) is 5.73 Å². The van der Waals surface area contributed by atoms with Crippen molar-refractivity contribution >= 4 is 27.8 Å². The number of nitrogens with zero attached hydrogens (tertiary/aromatic N) is 4. The first-order valence-electron chi connectivity index (χ1n) is 8.40. The number of azo groups is 1. The third kappa shape index (κ3) is 3.37. The second kappa shape index (κ2) is 7.06. The Morgan fingerprint density at radius 1 is 0.852 bits per heavy atom. The van der Waals surface area contributed by atoms with Gasteiger partial charge in [0, 0.05) is 10.9 Å². The van der Waals surface area contributed by atoms with Crippen molar-refractivity contribution in [2.24, 2.45) is 10.2 Å². The number of pyridine rings is 1. The molecule has 0 aliphatic rings. The molecule has 5 nitrogen and oxygen atoms in total. The Kier molecular flexibility index (Phi) is 4.30. The minimum atomic E-state index is 0.610. The second-order valence-corrected chi connectivity index (χ2v) is 6.01. The number of aromatic nitrogens is 1. The van der Waals surface area contributed by atoms with E-state index in [-0.39, 0.29) is 0 Å². The van der Waals surface area contributed by atoms with Crippen LogP contribution in [0.2, 0.25) is 0 Å². The molecule has 4 rings (SSSR count). The van der Waals surface area contributed by atoms with Gasteiger partial charge in [-0.2, -0.15) is 5.26 Å². The number of hydrogen-bond donors (Lipinski definition) is 1. The fraction of sp³-hybridized carbons (Fsp3) is 0. The van der Waals surface area contributed by atoms with Gasteiger partial charge in [-0.1, -0.05) is 42.5 Å². The summed E-state index contributed by atoms with van der Waals surface area (Å²) in [7, 11) is 0. The predicted octanol–water partition coefficient (Wildman–Crippen LogP) is 5.77. The summed E-state index contributed by atoms with van der Waals surface area (Å²) in [5.41, 5.74) is 10.5. The molecule has 1 heterocycles. The number of benzene rings is 3. The minimum absolute atomic E-state index is 0.610. The van der Waals surface area contributed by atoms with Gasteiger partial charge in [0.25, 0.3) is 0 Å². The van der Waals surface area contributed by atoms with E-state index >= 15 is 0 Å². The zero-order valence-electron chi connectivity index (χ0n) is 14.4. The molecule has 3 aromatic carbocycles. The lowest BCUT2D eigenvalue weighted by molar-refractivity contribution is 1.20. The molecule has 0 unspecified atom stereocenters. The summed E-state index contributed by atoms with van der Waals surface area (Å²) in [5, 5.41) is 19.4. The van der Waals surface area contributed by atoms with Gasteiger partial charge >= 0.3 is 0 Å². The highest BCUT2D eigenvalue weighted by Gasteiger charge is 2.04. The quantitative estimate of drug-likeness (QED) is 0.376. The first-order chi connectivity index (χ1) is 13.2. The highest BCUT2D eigenvalue weighted by atomic mass is 15.1. The molecule has 27 heavy (non-hydrogen) atoms.